The van der Waals surface area contributed by atoms with E-state index in [-0.39, 0.29) is 18.8 Å². The van der Waals surface area contributed by atoms with Crippen molar-refractivity contribution in [2.24, 2.45) is 5.10 Å². The van der Waals surface area contributed by atoms with Crippen LogP contribution in [0.3, 0.4) is 0 Å². The van der Waals surface area contributed by atoms with Crippen molar-refractivity contribution in [3.63, 3.8) is 0 Å². The molecule has 3 rings (SSSR count). The Morgan fingerprint density at radius 1 is 1.13 bits per heavy atom. The Labute approximate surface area is 175 Å². The molecule has 2 atom stereocenters. The third-order valence-electron chi connectivity index (χ3n) is 5.09. The molecule has 2 aromatic rings. The summed E-state index contributed by atoms with van der Waals surface area (Å²) in [5, 5.41) is 4.16. The Kier molecular flexibility index (Phi) is 6.50. The average Bonchev–Trinajstić information content (AvgIpc) is 3.14. The molecule has 4 nitrogen and oxygen atoms in total. The normalized spacial score (nSPS) is 18.6. The van der Waals surface area contributed by atoms with Crippen LogP contribution in [-0.2, 0) is 11.0 Å². The quantitative estimate of drug-likeness (QED) is 0.322. The highest BCUT2D eigenvalue weighted by Gasteiger charge is 2.47. The molecule has 1 saturated heterocycles. The number of hydrogen-bond donors (Lipinski definition) is 1. The summed E-state index contributed by atoms with van der Waals surface area (Å²) in [5.41, 5.74) is 2.31. The lowest BCUT2D eigenvalue weighted by Gasteiger charge is -2.30. The van der Waals surface area contributed by atoms with E-state index in [1.165, 1.54) is 17.0 Å². The van der Waals surface area contributed by atoms with Gasteiger partial charge in [-0.25, -0.2) is 13.4 Å². The van der Waals surface area contributed by atoms with Crippen LogP contribution in [0.4, 0.5) is 17.6 Å². The standard InChI is InChI=1S/C21H23F4N3OS/c1-13-6-8-17(9-7-13)30(29)27-26-20(19-14(2)11-16(22)12-15(19)3)28-10-4-5-18(28)21(23,24)25/h6-9,11-12,18,27H,4-5,10H2,1-3H3/b26-20+. The molecule has 2 aromatic carbocycles. The summed E-state index contributed by atoms with van der Waals surface area (Å²) < 4.78 is 67.2. The molecule has 30 heavy (non-hydrogen) atoms. The number of amidine groups is 1. The van der Waals surface area contributed by atoms with Crippen molar-refractivity contribution < 1.29 is 21.8 Å². The van der Waals surface area contributed by atoms with Gasteiger partial charge in [0.15, 0.2) is 16.8 Å². The Morgan fingerprint density at radius 3 is 2.30 bits per heavy atom. The first-order chi connectivity index (χ1) is 14.1. The van der Waals surface area contributed by atoms with Gasteiger partial charge in [0.1, 0.15) is 11.9 Å². The molecule has 0 radical (unpaired) electrons. The zero-order chi connectivity index (χ0) is 22.1. The second kappa shape index (κ2) is 8.75. The second-order valence-corrected chi connectivity index (χ2v) is 8.61. The van der Waals surface area contributed by atoms with Gasteiger partial charge >= 0.3 is 6.18 Å². The minimum Gasteiger partial charge on any atom is -0.343 e. The van der Waals surface area contributed by atoms with Gasteiger partial charge in [0, 0.05) is 12.1 Å². The van der Waals surface area contributed by atoms with Crippen LogP contribution in [0, 0.1) is 26.6 Å². The van der Waals surface area contributed by atoms with E-state index in [1.807, 2.05) is 6.92 Å². The summed E-state index contributed by atoms with van der Waals surface area (Å²) in [5.74, 6) is -0.455. The van der Waals surface area contributed by atoms with E-state index >= 15 is 0 Å². The fourth-order valence-electron chi connectivity index (χ4n) is 3.69. The van der Waals surface area contributed by atoms with Gasteiger partial charge in [-0.05, 0) is 69.0 Å². The Morgan fingerprint density at radius 2 is 1.73 bits per heavy atom. The first-order valence-electron chi connectivity index (χ1n) is 9.50. The van der Waals surface area contributed by atoms with Crippen molar-refractivity contribution in [2.45, 2.75) is 50.7 Å². The Hall–Kier alpha value is -2.42. The van der Waals surface area contributed by atoms with Crippen molar-refractivity contribution in [2.75, 3.05) is 6.54 Å². The van der Waals surface area contributed by atoms with Crippen molar-refractivity contribution in [1.29, 1.82) is 0 Å². The lowest BCUT2D eigenvalue weighted by atomic mass is 10.0. The van der Waals surface area contributed by atoms with Crippen molar-refractivity contribution in [1.82, 2.24) is 9.73 Å². The second-order valence-electron chi connectivity index (χ2n) is 7.42. The van der Waals surface area contributed by atoms with Gasteiger partial charge in [0.05, 0.1) is 4.90 Å². The molecule has 9 heteroatoms. The number of rotatable bonds is 4. The highest BCUT2D eigenvalue weighted by Crippen LogP contribution is 2.34. The molecule has 0 spiro atoms. The number of alkyl halides is 3. The maximum atomic E-state index is 13.8. The van der Waals surface area contributed by atoms with E-state index < -0.39 is 29.0 Å². The molecular weight excluding hydrogens is 418 g/mol. The number of hydrogen-bond acceptors (Lipinski definition) is 2. The predicted molar refractivity (Wildman–Crippen MR) is 109 cm³/mol. The summed E-state index contributed by atoms with van der Waals surface area (Å²) in [4.78, 5) is 4.11. The first kappa shape index (κ1) is 22.3. The largest absolute Gasteiger partial charge is 0.408 e. The Bertz CT molecular complexity index is 950. The van der Waals surface area contributed by atoms with Crippen molar-refractivity contribution >= 4 is 16.8 Å². The number of likely N-dealkylation sites (tertiary alicyclic amines) is 1. The maximum absolute atomic E-state index is 13.8. The molecule has 0 aliphatic carbocycles. The van der Waals surface area contributed by atoms with Gasteiger partial charge in [0.2, 0.25) is 0 Å². The van der Waals surface area contributed by atoms with Crippen molar-refractivity contribution in [3.05, 3.63) is 64.5 Å². The summed E-state index contributed by atoms with van der Waals surface area (Å²) in [6.07, 6.45) is -4.14. The fraction of sp³-hybridized carbons (Fsp3) is 0.381. The maximum Gasteiger partial charge on any atom is 0.408 e. The molecule has 2 unspecified atom stereocenters. The molecule has 0 amide bonds. The van der Waals surface area contributed by atoms with Gasteiger partial charge in [-0.1, -0.05) is 17.7 Å². The van der Waals surface area contributed by atoms with E-state index in [0.717, 1.165) is 5.56 Å². The lowest BCUT2D eigenvalue weighted by molar-refractivity contribution is -0.166. The van der Waals surface area contributed by atoms with Crippen LogP contribution < -0.4 is 4.83 Å². The van der Waals surface area contributed by atoms with E-state index in [0.29, 0.717) is 28.0 Å². The minimum absolute atomic E-state index is 0.0188. The van der Waals surface area contributed by atoms with Crippen molar-refractivity contribution in [3.8, 4) is 0 Å². The number of halogens is 4. The molecular formula is C21H23F4N3OS. The van der Waals surface area contributed by atoms with Gasteiger partial charge in [0.25, 0.3) is 0 Å². The number of benzene rings is 2. The minimum atomic E-state index is -4.44. The molecule has 0 saturated carbocycles. The molecule has 1 aliphatic rings. The van der Waals surface area contributed by atoms with Crippen LogP contribution in [0.2, 0.25) is 0 Å². The van der Waals surface area contributed by atoms with Crippen LogP contribution in [0.15, 0.2) is 46.4 Å². The third kappa shape index (κ3) is 4.83. The Balaban J connectivity index is 2.03. The average molecular weight is 441 g/mol. The van der Waals surface area contributed by atoms with Gasteiger partial charge < -0.3 is 4.90 Å². The third-order valence-corrected chi connectivity index (χ3v) is 6.05. The zero-order valence-corrected chi connectivity index (χ0v) is 17.7. The summed E-state index contributed by atoms with van der Waals surface area (Å²) in [6.45, 7) is 5.28. The van der Waals surface area contributed by atoms with Crippen LogP contribution in [0.5, 0.6) is 0 Å². The van der Waals surface area contributed by atoms with Crippen LogP contribution in [0.25, 0.3) is 0 Å². The molecule has 1 N–H and O–H groups in total. The summed E-state index contributed by atoms with van der Waals surface area (Å²) >= 11 is 0. The molecule has 1 heterocycles. The molecule has 162 valence electrons. The smallest absolute Gasteiger partial charge is 0.343 e. The molecule has 1 fully saturated rings. The lowest BCUT2D eigenvalue weighted by Crippen LogP contribution is -2.46. The van der Waals surface area contributed by atoms with Crippen LogP contribution in [0.1, 0.15) is 35.1 Å². The fourth-order valence-corrected chi connectivity index (χ4v) is 4.34. The van der Waals surface area contributed by atoms with Crippen LogP contribution >= 0.6 is 0 Å². The summed E-state index contributed by atoms with van der Waals surface area (Å²) in [6, 6.07) is 7.71. The van der Waals surface area contributed by atoms with E-state index in [1.54, 1.807) is 38.1 Å². The first-order valence-corrected chi connectivity index (χ1v) is 10.6. The number of nitrogens with zero attached hydrogens (tertiary/aromatic N) is 2. The monoisotopic (exact) mass is 441 g/mol. The van der Waals surface area contributed by atoms with E-state index in [4.69, 9.17) is 0 Å². The van der Waals surface area contributed by atoms with E-state index in [9.17, 15) is 21.8 Å². The van der Waals surface area contributed by atoms with Crippen LogP contribution in [-0.4, -0.2) is 33.7 Å². The zero-order valence-electron chi connectivity index (χ0n) is 16.9. The molecule has 0 aromatic heterocycles. The molecule has 0 bridgehead atoms. The van der Waals surface area contributed by atoms with Gasteiger partial charge in [-0.2, -0.15) is 13.2 Å². The van der Waals surface area contributed by atoms with Gasteiger partial charge in [-0.3, -0.25) is 0 Å². The number of hydrazone groups is 1. The highest BCUT2D eigenvalue weighted by molar-refractivity contribution is 7.83. The number of aryl methyl sites for hydroxylation is 3. The topological polar surface area (TPSA) is 44.7 Å². The highest BCUT2D eigenvalue weighted by atomic mass is 32.2. The molecule has 1 aliphatic heterocycles. The van der Waals surface area contributed by atoms with E-state index in [2.05, 4.69) is 9.93 Å². The SMILES string of the molecule is Cc1ccc(S(=O)N/N=C(\c2c(C)cc(F)cc2C)N2CCCC2C(F)(F)F)cc1. The predicted octanol–water partition coefficient (Wildman–Crippen LogP) is 4.75. The van der Waals surface area contributed by atoms with Gasteiger partial charge in [-0.15, -0.1) is 5.10 Å². The summed E-state index contributed by atoms with van der Waals surface area (Å²) in [7, 11) is -1.76. The number of nitrogens with one attached hydrogen (secondary N) is 1.